The summed E-state index contributed by atoms with van der Waals surface area (Å²) in [7, 11) is 0. The van der Waals surface area contributed by atoms with Crippen molar-refractivity contribution in [1.29, 1.82) is 5.41 Å². The van der Waals surface area contributed by atoms with Crippen molar-refractivity contribution in [3.63, 3.8) is 0 Å². The Bertz CT molecular complexity index is 236. The van der Waals surface area contributed by atoms with Crippen molar-refractivity contribution in [2.45, 2.75) is 13.8 Å². The first kappa shape index (κ1) is 8.77. The molecule has 4 heteroatoms. The van der Waals surface area contributed by atoms with Crippen molar-refractivity contribution >= 4 is 5.96 Å². The van der Waals surface area contributed by atoms with Gasteiger partial charge in [0.25, 0.3) is 0 Å². The zero-order valence-corrected chi connectivity index (χ0v) is 7.49. The molecule has 0 aliphatic rings. The van der Waals surface area contributed by atoms with Crippen LogP contribution in [0.25, 0.3) is 0 Å². The van der Waals surface area contributed by atoms with E-state index in [1.54, 1.807) is 17.1 Å². The summed E-state index contributed by atoms with van der Waals surface area (Å²) < 4.78 is 1.56. The number of hydrogen-bond donors (Lipinski definition) is 1. The topological polar surface area (TPSA) is 44.9 Å². The second kappa shape index (κ2) is 3.90. The van der Waals surface area contributed by atoms with Gasteiger partial charge in [-0.3, -0.25) is 5.41 Å². The third kappa shape index (κ3) is 1.64. The van der Waals surface area contributed by atoms with Gasteiger partial charge in [-0.1, -0.05) is 0 Å². The highest BCUT2D eigenvalue weighted by Gasteiger charge is 2.06. The van der Waals surface area contributed by atoms with Gasteiger partial charge >= 0.3 is 0 Å². The van der Waals surface area contributed by atoms with Crippen LogP contribution in [0.2, 0.25) is 0 Å². The Morgan fingerprint density at radius 1 is 1.50 bits per heavy atom. The molecule has 0 saturated heterocycles. The Hall–Kier alpha value is -1.32. The minimum atomic E-state index is 0.435. The van der Waals surface area contributed by atoms with Gasteiger partial charge in [-0.2, -0.15) is 5.10 Å². The van der Waals surface area contributed by atoms with Gasteiger partial charge < -0.3 is 4.90 Å². The third-order valence-corrected chi connectivity index (χ3v) is 1.78. The summed E-state index contributed by atoms with van der Waals surface area (Å²) in [5.74, 6) is 0.435. The van der Waals surface area contributed by atoms with E-state index in [2.05, 4.69) is 5.10 Å². The predicted octanol–water partition coefficient (Wildman–Crippen LogP) is 1.01. The maximum atomic E-state index is 7.73. The molecule has 0 amide bonds. The van der Waals surface area contributed by atoms with Gasteiger partial charge in [0.2, 0.25) is 5.96 Å². The first-order valence-electron chi connectivity index (χ1n) is 4.13. The molecular weight excluding hydrogens is 152 g/mol. The zero-order chi connectivity index (χ0) is 8.97. The summed E-state index contributed by atoms with van der Waals surface area (Å²) in [4.78, 5) is 1.94. The van der Waals surface area contributed by atoms with E-state index in [-0.39, 0.29) is 0 Å². The molecule has 0 unspecified atom stereocenters. The van der Waals surface area contributed by atoms with E-state index in [9.17, 15) is 0 Å². The summed E-state index contributed by atoms with van der Waals surface area (Å²) in [5, 5.41) is 11.7. The molecule has 0 aliphatic carbocycles. The SMILES string of the molecule is CCN(CC)C(=N)n1cccn1. The zero-order valence-electron chi connectivity index (χ0n) is 7.49. The summed E-state index contributed by atoms with van der Waals surface area (Å²) in [6, 6.07) is 1.82. The Balaban J connectivity index is 2.70. The molecular formula is C8H14N4. The highest BCUT2D eigenvalue weighted by atomic mass is 15.4. The van der Waals surface area contributed by atoms with Crippen molar-refractivity contribution in [1.82, 2.24) is 14.7 Å². The van der Waals surface area contributed by atoms with E-state index in [1.807, 2.05) is 24.8 Å². The predicted molar refractivity (Wildman–Crippen MR) is 48.3 cm³/mol. The molecule has 1 rings (SSSR count). The Morgan fingerprint density at radius 3 is 2.58 bits per heavy atom. The number of hydrogen-bond acceptors (Lipinski definition) is 2. The minimum absolute atomic E-state index is 0.435. The van der Waals surface area contributed by atoms with Crippen LogP contribution in [-0.4, -0.2) is 33.7 Å². The molecule has 4 nitrogen and oxygen atoms in total. The lowest BCUT2D eigenvalue weighted by Gasteiger charge is -2.20. The van der Waals surface area contributed by atoms with Gasteiger partial charge in [0, 0.05) is 25.5 Å². The first-order valence-corrected chi connectivity index (χ1v) is 4.13. The molecule has 1 aromatic heterocycles. The molecule has 0 fully saturated rings. The second-order valence-electron chi connectivity index (χ2n) is 2.45. The highest BCUT2D eigenvalue weighted by Crippen LogP contribution is 1.92. The quantitative estimate of drug-likeness (QED) is 0.526. The van der Waals surface area contributed by atoms with Crippen LogP contribution < -0.4 is 0 Å². The molecule has 1 aromatic rings. The fourth-order valence-corrected chi connectivity index (χ4v) is 1.06. The fraction of sp³-hybridized carbons (Fsp3) is 0.500. The molecule has 0 bridgehead atoms. The van der Waals surface area contributed by atoms with Gasteiger partial charge in [0.15, 0.2) is 0 Å². The van der Waals surface area contributed by atoms with E-state index in [1.165, 1.54) is 0 Å². The summed E-state index contributed by atoms with van der Waals surface area (Å²) in [5.41, 5.74) is 0. The van der Waals surface area contributed by atoms with Crippen molar-refractivity contribution < 1.29 is 0 Å². The van der Waals surface area contributed by atoms with Crippen molar-refractivity contribution in [3.05, 3.63) is 18.5 Å². The maximum absolute atomic E-state index is 7.73. The molecule has 0 aliphatic heterocycles. The van der Waals surface area contributed by atoms with Crippen LogP contribution in [0.4, 0.5) is 0 Å². The van der Waals surface area contributed by atoms with Crippen LogP contribution in [0.5, 0.6) is 0 Å². The Labute approximate surface area is 72.3 Å². The van der Waals surface area contributed by atoms with Crippen LogP contribution in [-0.2, 0) is 0 Å². The number of aromatic nitrogens is 2. The van der Waals surface area contributed by atoms with Crippen LogP contribution in [0.3, 0.4) is 0 Å². The van der Waals surface area contributed by atoms with Crippen molar-refractivity contribution in [2.24, 2.45) is 0 Å². The average Bonchev–Trinajstić information content (AvgIpc) is 2.58. The third-order valence-electron chi connectivity index (χ3n) is 1.78. The van der Waals surface area contributed by atoms with Gasteiger partial charge in [-0.25, -0.2) is 4.68 Å². The molecule has 66 valence electrons. The molecule has 0 atom stereocenters. The Kier molecular flexibility index (Phi) is 2.85. The van der Waals surface area contributed by atoms with E-state index >= 15 is 0 Å². The molecule has 12 heavy (non-hydrogen) atoms. The van der Waals surface area contributed by atoms with E-state index < -0.39 is 0 Å². The normalized spacial score (nSPS) is 9.83. The van der Waals surface area contributed by atoms with Crippen molar-refractivity contribution in [2.75, 3.05) is 13.1 Å². The molecule has 1 heterocycles. The molecule has 0 spiro atoms. The molecule has 0 aromatic carbocycles. The van der Waals surface area contributed by atoms with Crippen LogP contribution in [0.1, 0.15) is 13.8 Å². The number of nitrogens with zero attached hydrogens (tertiary/aromatic N) is 3. The molecule has 0 saturated carbocycles. The van der Waals surface area contributed by atoms with E-state index in [0.717, 1.165) is 13.1 Å². The maximum Gasteiger partial charge on any atom is 0.218 e. The summed E-state index contributed by atoms with van der Waals surface area (Å²) in [6.07, 6.45) is 3.46. The van der Waals surface area contributed by atoms with E-state index in [0.29, 0.717) is 5.96 Å². The van der Waals surface area contributed by atoms with E-state index in [4.69, 9.17) is 5.41 Å². The standard InChI is InChI=1S/C8H14N4/c1-3-11(4-2)8(9)12-7-5-6-10-12/h5-7,9H,3-4H2,1-2H3. The summed E-state index contributed by atoms with van der Waals surface area (Å²) >= 11 is 0. The lowest BCUT2D eigenvalue weighted by Crippen LogP contribution is -2.35. The lowest BCUT2D eigenvalue weighted by molar-refractivity contribution is 0.441. The fourth-order valence-electron chi connectivity index (χ4n) is 1.06. The minimum Gasteiger partial charge on any atom is -0.342 e. The smallest absolute Gasteiger partial charge is 0.218 e. The highest BCUT2D eigenvalue weighted by molar-refractivity contribution is 5.78. The van der Waals surface area contributed by atoms with Gasteiger partial charge in [-0.15, -0.1) is 0 Å². The average molecular weight is 166 g/mol. The van der Waals surface area contributed by atoms with Crippen LogP contribution >= 0.6 is 0 Å². The number of nitrogens with one attached hydrogen (secondary N) is 1. The summed E-state index contributed by atoms with van der Waals surface area (Å²) in [6.45, 7) is 5.74. The van der Waals surface area contributed by atoms with Gasteiger partial charge in [-0.05, 0) is 19.9 Å². The second-order valence-corrected chi connectivity index (χ2v) is 2.45. The first-order chi connectivity index (χ1) is 5.79. The van der Waals surface area contributed by atoms with Crippen LogP contribution in [0, 0.1) is 5.41 Å². The van der Waals surface area contributed by atoms with Crippen molar-refractivity contribution in [3.8, 4) is 0 Å². The molecule has 0 radical (unpaired) electrons. The monoisotopic (exact) mass is 166 g/mol. The van der Waals surface area contributed by atoms with Gasteiger partial charge in [0.1, 0.15) is 0 Å². The number of rotatable bonds is 2. The van der Waals surface area contributed by atoms with Gasteiger partial charge in [0.05, 0.1) is 0 Å². The van der Waals surface area contributed by atoms with Crippen LogP contribution in [0.15, 0.2) is 18.5 Å². The Morgan fingerprint density at radius 2 is 2.17 bits per heavy atom. The molecule has 1 N–H and O–H groups in total. The lowest BCUT2D eigenvalue weighted by atomic mass is 10.5. The largest absolute Gasteiger partial charge is 0.342 e.